The molecular formula is C19H20BrN3O6S. The number of methoxy groups -OCH3 is 1. The summed E-state index contributed by atoms with van der Waals surface area (Å²) in [6, 6.07) is 9.05. The standard InChI is InChI=1S/C19H20BrN3O6S/c1-29-13-3-5-16(20)15(11-13)19(24)22-9-7-21(8-10-22)17-6-4-14(30(2,27)28)12-18(17)23(25)26/h3-6,11-12H,7-10H2,1-2H3. The summed E-state index contributed by atoms with van der Waals surface area (Å²) in [6.45, 7) is 1.50. The minimum absolute atomic E-state index is 0.102. The van der Waals surface area contributed by atoms with E-state index in [1.807, 2.05) is 0 Å². The van der Waals surface area contributed by atoms with Gasteiger partial charge in [0.05, 0.1) is 22.5 Å². The van der Waals surface area contributed by atoms with E-state index in [1.54, 1.807) is 28.0 Å². The number of nitro benzene ring substituents is 1. The molecule has 2 aromatic carbocycles. The molecule has 2 aromatic rings. The molecule has 0 saturated carbocycles. The van der Waals surface area contributed by atoms with Crippen molar-refractivity contribution in [3.05, 3.63) is 56.5 Å². The Hall–Kier alpha value is -2.66. The fourth-order valence-corrected chi connectivity index (χ4v) is 4.32. The van der Waals surface area contributed by atoms with E-state index in [2.05, 4.69) is 15.9 Å². The Morgan fingerprint density at radius 3 is 2.37 bits per heavy atom. The first-order valence-corrected chi connectivity index (χ1v) is 11.7. The number of nitro groups is 1. The van der Waals surface area contributed by atoms with Crippen LogP contribution in [0.15, 0.2) is 45.8 Å². The van der Waals surface area contributed by atoms with Crippen LogP contribution in [0.2, 0.25) is 0 Å². The Kier molecular flexibility index (Phi) is 6.32. The van der Waals surface area contributed by atoms with E-state index in [-0.39, 0.29) is 16.5 Å². The van der Waals surface area contributed by atoms with Gasteiger partial charge in [0.15, 0.2) is 9.84 Å². The molecule has 1 amide bonds. The zero-order valence-electron chi connectivity index (χ0n) is 16.4. The number of rotatable bonds is 5. The van der Waals surface area contributed by atoms with Gasteiger partial charge in [-0.3, -0.25) is 14.9 Å². The van der Waals surface area contributed by atoms with Crippen LogP contribution in [0.3, 0.4) is 0 Å². The lowest BCUT2D eigenvalue weighted by Crippen LogP contribution is -2.49. The molecule has 3 rings (SSSR count). The molecule has 0 radical (unpaired) electrons. The molecule has 9 nitrogen and oxygen atoms in total. The second-order valence-corrected chi connectivity index (χ2v) is 9.67. The lowest BCUT2D eigenvalue weighted by atomic mass is 10.1. The molecule has 0 bridgehead atoms. The van der Waals surface area contributed by atoms with Gasteiger partial charge in [-0.2, -0.15) is 0 Å². The van der Waals surface area contributed by atoms with Gasteiger partial charge < -0.3 is 14.5 Å². The van der Waals surface area contributed by atoms with Gasteiger partial charge in [0, 0.05) is 43.0 Å². The summed E-state index contributed by atoms with van der Waals surface area (Å²) in [6.07, 6.45) is 1.01. The predicted octanol–water partition coefficient (Wildman–Crippen LogP) is 2.73. The van der Waals surface area contributed by atoms with E-state index >= 15 is 0 Å². The molecule has 0 atom stereocenters. The maximum Gasteiger partial charge on any atom is 0.293 e. The molecule has 0 spiro atoms. The van der Waals surface area contributed by atoms with Gasteiger partial charge in [-0.1, -0.05) is 0 Å². The van der Waals surface area contributed by atoms with Crippen molar-refractivity contribution < 1.29 is 22.9 Å². The SMILES string of the molecule is COc1ccc(Br)c(C(=O)N2CCN(c3ccc(S(C)(=O)=O)cc3[N+](=O)[O-])CC2)c1. The summed E-state index contributed by atoms with van der Waals surface area (Å²) in [5, 5.41) is 11.5. The van der Waals surface area contributed by atoms with Crippen molar-refractivity contribution in [1.29, 1.82) is 0 Å². The van der Waals surface area contributed by atoms with E-state index in [1.165, 1.54) is 19.2 Å². The van der Waals surface area contributed by atoms with Crippen molar-refractivity contribution in [3.8, 4) is 5.75 Å². The molecule has 1 aliphatic rings. The Morgan fingerprint density at radius 2 is 1.80 bits per heavy atom. The Morgan fingerprint density at radius 1 is 1.13 bits per heavy atom. The topological polar surface area (TPSA) is 110 Å². The largest absolute Gasteiger partial charge is 0.497 e. The molecule has 0 N–H and O–H groups in total. The smallest absolute Gasteiger partial charge is 0.293 e. The lowest BCUT2D eigenvalue weighted by molar-refractivity contribution is -0.384. The summed E-state index contributed by atoms with van der Waals surface area (Å²) in [5.74, 6) is 0.407. The molecule has 1 aliphatic heterocycles. The minimum Gasteiger partial charge on any atom is -0.497 e. The Balaban J connectivity index is 1.79. The number of hydrogen-bond acceptors (Lipinski definition) is 7. The molecule has 0 aromatic heterocycles. The maximum absolute atomic E-state index is 12.9. The van der Waals surface area contributed by atoms with Crippen LogP contribution in [0.4, 0.5) is 11.4 Å². The average molecular weight is 498 g/mol. The van der Waals surface area contributed by atoms with Gasteiger partial charge in [0.25, 0.3) is 11.6 Å². The fraction of sp³-hybridized carbons (Fsp3) is 0.316. The highest BCUT2D eigenvalue weighted by atomic mass is 79.9. The second kappa shape index (κ2) is 8.60. The third-order valence-electron chi connectivity index (χ3n) is 4.88. The molecule has 1 fully saturated rings. The van der Waals surface area contributed by atoms with Crippen LogP contribution in [0.1, 0.15) is 10.4 Å². The highest BCUT2D eigenvalue weighted by Gasteiger charge is 2.28. The van der Waals surface area contributed by atoms with E-state index in [0.717, 1.165) is 12.3 Å². The van der Waals surface area contributed by atoms with Crippen molar-refractivity contribution in [1.82, 2.24) is 4.90 Å². The quantitative estimate of drug-likeness (QED) is 0.461. The van der Waals surface area contributed by atoms with Gasteiger partial charge >= 0.3 is 0 Å². The number of hydrogen-bond donors (Lipinski definition) is 0. The molecule has 160 valence electrons. The van der Waals surface area contributed by atoms with Crippen LogP contribution in [0.25, 0.3) is 0 Å². The normalized spacial score (nSPS) is 14.5. The summed E-state index contributed by atoms with van der Waals surface area (Å²) in [7, 11) is -2.03. The first kappa shape index (κ1) is 22.0. The van der Waals surface area contributed by atoms with E-state index in [9.17, 15) is 23.3 Å². The molecular weight excluding hydrogens is 478 g/mol. The van der Waals surface area contributed by atoms with E-state index in [0.29, 0.717) is 47.7 Å². The summed E-state index contributed by atoms with van der Waals surface area (Å²) in [4.78, 5) is 27.2. The first-order valence-electron chi connectivity index (χ1n) is 8.98. The van der Waals surface area contributed by atoms with Crippen LogP contribution in [-0.2, 0) is 9.84 Å². The molecule has 30 heavy (non-hydrogen) atoms. The average Bonchev–Trinajstić information content (AvgIpc) is 2.72. The van der Waals surface area contributed by atoms with E-state index < -0.39 is 14.8 Å². The predicted molar refractivity (Wildman–Crippen MR) is 115 cm³/mol. The van der Waals surface area contributed by atoms with Crippen molar-refractivity contribution in [2.45, 2.75) is 4.90 Å². The summed E-state index contributed by atoms with van der Waals surface area (Å²) >= 11 is 3.39. The number of sulfone groups is 1. The molecule has 1 heterocycles. The number of ether oxygens (including phenoxy) is 1. The van der Waals surface area contributed by atoms with Gasteiger partial charge in [0.2, 0.25) is 0 Å². The minimum atomic E-state index is -3.56. The van der Waals surface area contributed by atoms with Crippen LogP contribution in [-0.4, -0.2) is 63.7 Å². The van der Waals surface area contributed by atoms with Crippen LogP contribution >= 0.6 is 15.9 Å². The number of carbonyl (C=O) groups excluding carboxylic acids is 1. The van der Waals surface area contributed by atoms with Crippen LogP contribution < -0.4 is 9.64 Å². The summed E-state index contributed by atoms with van der Waals surface area (Å²) in [5.41, 5.74) is 0.543. The van der Waals surface area contributed by atoms with Crippen molar-refractivity contribution >= 4 is 43.0 Å². The third kappa shape index (κ3) is 4.57. The zero-order chi connectivity index (χ0) is 22.1. The van der Waals surface area contributed by atoms with E-state index in [4.69, 9.17) is 4.74 Å². The van der Waals surface area contributed by atoms with Gasteiger partial charge in [-0.15, -0.1) is 0 Å². The lowest BCUT2D eigenvalue weighted by Gasteiger charge is -2.36. The number of benzene rings is 2. The summed E-state index contributed by atoms with van der Waals surface area (Å²) < 4.78 is 29.3. The molecule has 0 unspecified atom stereocenters. The van der Waals surface area contributed by atoms with Crippen molar-refractivity contribution in [2.24, 2.45) is 0 Å². The zero-order valence-corrected chi connectivity index (χ0v) is 18.8. The number of halogens is 1. The van der Waals surface area contributed by atoms with Crippen LogP contribution in [0.5, 0.6) is 5.75 Å². The van der Waals surface area contributed by atoms with Crippen molar-refractivity contribution in [3.63, 3.8) is 0 Å². The van der Waals surface area contributed by atoms with Gasteiger partial charge in [-0.25, -0.2) is 8.42 Å². The number of nitrogens with zero attached hydrogens (tertiary/aromatic N) is 3. The molecule has 1 saturated heterocycles. The maximum atomic E-state index is 12.9. The highest BCUT2D eigenvalue weighted by Crippen LogP contribution is 2.32. The number of anilines is 1. The Labute approximate surface area is 182 Å². The Bertz CT molecular complexity index is 1100. The monoisotopic (exact) mass is 497 g/mol. The number of carbonyl (C=O) groups is 1. The van der Waals surface area contributed by atoms with Crippen molar-refractivity contribution in [2.75, 3.05) is 44.4 Å². The number of amides is 1. The third-order valence-corrected chi connectivity index (χ3v) is 6.68. The molecule has 11 heteroatoms. The van der Waals surface area contributed by atoms with Gasteiger partial charge in [-0.05, 0) is 46.3 Å². The first-order chi connectivity index (χ1) is 14.1. The second-order valence-electron chi connectivity index (χ2n) is 6.80. The van der Waals surface area contributed by atoms with Crippen LogP contribution in [0, 0.1) is 10.1 Å². The highest BCUT2D eigenvalue weighted by molar-refractivity contribution is 9.10. The molecule has 0 aliphatic carbocycles. The van der Waals surface area contributed by atoms with Gasteiger partial charge in [0.1, 0.15) is 11.4 Å². The fourth-order valence-electron chi connectivity index (χ4n) is 3.26. The number of piperazine rings is 1.